The normalized spacial score (nSPS) is 16.0. The fourth-order valence-electron chi connectivity index (χ4n) is 4.04. The van der Waals surface area contributed by atoms with Crippen LogP contribution in [0.4, 0.5) is 19.0 Å². The molecule has 1 aliphatic heterocycles. The number of hydrogen-bond donors (Lipinski definition) is 0. The van der Waals surface area contributed by atoms with Gasteiger partial charge in [0.1, 0.15) is 11.6 Å². The molecule has 0 atom stereocenters. The van der Waals surface area contributed by atoms with Crippen LogP contribution in [-0.2, 0) is 29.0 Å². The number of nitrogens with zero attached hydrogens (tertiary/aromatic N) is 4. The van der Waals surface area contributed by atoms with Gasteiger partial charge in [-0.15, -0.1) is 0 Å². The van der Waals surface area contributed by atoms with Gasteiger partial charge in [-0.25, -0.2) is 18.4 Å². The number of anilines is 1. The second kappa shape index (κ2) is 10.2. The van der Waals surface area contributed by atoms with E-state index in [1.807, 2.05) is 25.7 Å². The summed E-state index contributed by atoms with van der Waals surface area (Å²) in [6.45, 7) is 10.9. The molecule has 6 nitrogen and oxygen atoms in total. The molecule has 3 rings (SSSR count). The molecule has 1 aromatic carbocycles. The minimum Gasteiger partial charge on any atom is -0.354 e. The van der Waals surface area contributed by atoms with Gasteiger partial charge in [-0.05, 0) is 31.9 Å². The van der Waals surface area contributed by atoms with E-state index in [9.17, 15) is 21.6 Å². The predicted octanol–water partition coefficient (Wildman–Crippen LogP) is 4.63. The first-order chi connectivity index (χ1) is 15.8. The summed E-state index contributed by atoms with van der Waals surface area (Å²) in [4.78, 5) is 11.6. The van der Waals surface area contributed by atoms with Crippen LogP contribution in [0.1, 0.15) is 68.7 Å². The van der Waals surface area contributed by atoms with Crippen LogP contribution in [0.3, 0.4) is 0 Å². The molecule has 0 radical (unpaired) electrons. The van der Waals surface area contributed by atoms with E-state index in [4.69, 9.17) is 9.97 Å². The molecule has 2 aromatic rings. The van der Waals surface area contributed by atoms with Crippen LogP contribution in [0, 0.1) is 0 Å². The van der Waals surface area contributed by atoms with E-state index < -0.39 is 27.0 Å². The number of benzene rings is 1. The Bertz CT molecular complexity index is 1110. The Morgan fingerprint density at radius 1 is 1.03 bits per heavy atom. The summed E-state index contributed by atoms with van der Waals surface area (Å²) >= 11 is 0. The topological polar surface area (TPSA) is 66.4 Å². The molecular formula is C24H33F3N4O2S. The molecule has 1 saturated heterocycles. The zero-order valence-corrected chi connectivity index (χ0v) is 21.2. The highest BCUT2D eigenvalue weighted by Crippen LogP contribution is 2.32. The van der Waals surface area contributed by atoms with Gasteiger partial charge >= 0.3 is 6.18 Å². The number of hydrogen-bond acceptors (Lipinski definition) is 5. The van der Waals surface area contributed by atoms with E-state index in [-0.39, 0.29) is 12.3 Å². The number of aromatic nitrogens is 2. The van der Waals surface area contributed by atoms with Crippen LogP contribution in [0.15, 0.2) is 24.3 Å². The molecule has 2 heterocycles. The Morgan fingerprint density at radius 3 is 2.21 bits per heavy atom. The van der Waals surface area contributed by atoms with Crippen molar-refractivity contribution in [2.45, 2.75) is 64.8 Å². The zero-order valence-electron chi connectivity index (χ0n) is 20.4. The van der Waals surface area contributed by atoms with Gasteiger partial charge in [0.2, 0.25) is 10.0 Å². The predicted molar refractivity (Wildman–Crippen MR) is 128 cm³/mol. The zero-order chi connectivity index (χ0) is 25.3. The standard InChI is InChI=1S/C24H33F3N4O2S/c1-6-21-20(15-18-8-7-9-19(14-18)24(25,26)27)23(29-22(28-21)16(2)3)30-10-12-31(13-11-30)34(32,33)17(4)5/h7-9,14,16-17H,6,10-13,15H2,1-5H3. The second-order valence-corrected chi connectivity index (χ2v) is 11.7. The molecular weight excluding hydrogens is 465 g/mol. The summed E-state index contributed by atoms with van der Waals surface area (Å²) in [6.07, 6.45) is -3.53. The Morgan fingerprint density at radius 2 is 1.68 bits per heavy atom. The number of alkyl halides is 3. The van der Waals surface area contributed by atoms with Gasteiger partial charge in [-0.2, -0.15) is 17.5 Å². The molecule has 0 unspecified atom stereocenters. The van der Waals surface area contributed by atoms with Crippen molar-refractivity contribution in [3.8, 4) is 0 Å². The number of piperazine rings is 1. The van der Waals surface area contributed by atoms with E-state index in [1.54, 1.807) is 19.9 Å². The van der Waals surface area contributed by atoms with Crippen molar-refractivity contribution in [1.29, 1.82) is 0 Å². The van der Waals surface area contributed by atoms with Crippen LogP contribution < -0.4 is 4.90 Å². The largest absolute Gasteiger partial charge is 0.416 e. The summed E-state index contributed by atoms with van der Waals surface area (Å²) in [5.41, 5.74) is 1.46. The number of sulfonamides is 1. The van der Waals surface area contributed by atoms with Crippen molar-refractivity contribution in [1.82, 2.24) is 14.3 Å². The molecule has 1 aliphatic rings. The summed E-state index contributed by atoms with van der Waals surface area (Å²) in [5.74, 6) is 1.45. The highest BCUT2D eigenvalue weighted by Gasteiger charge is 2.32. The Kier molecular flexibility index (Phi) is 7.92. The van der Waals surface area contributed by atoms with Crippen LogP contribution in [0.2, 0.25) is 0 Å². The van der Waals surface area contributed by atoms with Gasteiger partial charge in [0.25, 0.3) is 0 Å². The van der Waals surface area contributed by atoms with Crippen molar-refractivity contribution < 1.29 is 21.6 Å². The van der Waals surface area contributed by atoms with Crippen molar-refractivity contribution >= 4 is 15.8 Å². The monoisotopic (exact) mass is 498 g/mol. The fraction of sp³-hybridized carbons (Fsp3) is 0.583. The van der Waals surface area contributed by atoms with Crippen LogP contribution >= 0.6 is 0 Å². The fourth-order valence-corrected chi connectivity index (χ4v) is 5.31. The van der Waals surface area contributed by atoms with Crippen molar-refractivity contribution in [3.05, 3.63) is 52.5 Å². The maximum Gasteiger partial charge on any atom is 0.416 e. The maximum absolute atomic E-state index is 13.3. The molecule has 10 heteroatoms. The maximum atomic E-state index is 13.3. The van der Waals surface area contributed by atoms with Gasteiger partial charge in [0.05, 0.1) is 10.8 Å². The van der Waals surface area contributed by atoms with Gasteiger partial charge < -0.3 is 4.90 Å². The Hall–Kier alpha value is -2.20. The van der Waals surface area contributed by atoms with Crippen LogP contribution in [0.25, 0.3) is 0 Å². The molecule has 0 N–H and O–H groups in total. The van der Waals surface area contributed by atoms with Crippen molar-refractivity contribution in [2.75, 3.05) is 31.1 Å². The van der Waals surface area contributed by atoms with E-state index >= 15 is 0 Å². The first kappa shape index (κ1) is 26.4. The van der Waals surface area contributed by atoms with Crippen molar-refractivity contribution in [2.24, 2.45) is 0 Å². The lowest BCUT2D eigenvalue weighted by Gasteiger charge is -2.36. The van der Waals surface area contributed by atoms with Gasteiger partial charge in [-0.3, -0.25) is 0 Å². The summed E-state index contributed by atoms with van der Waals surface area (Å²) in [5, 5.41) is -0.492. The van der Waals surface area contributed by atoms with Crippen LogP contribution in [0.5, 0.6) is 0 Å². The third-order valence-corrected chi connectivity index (χ3v) is 8.34. The highest BCUT2D eigenvalue weighted by atomic mass is 32.2. The summed E-state index contributed by atoms with van der Waals surface area (Å²) in [6, 6.07) is 5.34. The Labute approximate surface area is 200 Å². The summed E-state index contributed by atoms with van der Waals surface area (Å²) in [7, 11) is -3.35. The highest BCUT2D eigenvalue weighted by molar-refractivity contribution is 7.89. The average molecular weight is 499 g/mol. The molecule has 0 spiro atoms. The van der Waals surface area contributed by atoms with Gasteiger partial charge in [0, 0.05) is 49.8 Å². The quantitative estimate of drug-likeness (QED) is 0.557. The van der Waals surface area contributed by atoms with Crippen molar-refractivity contribution in [3.63, 3.8) is 0 Å². The van der Waals surface area contributed by atoms with E-state index in [2.05, 4.69) is 0 Å². The van der Waals surface area contributed by atoms with Crippen LogP contribution in [-0.4, -0.2) is 54.1 Å². The first-order valence-electron chi connectivity index (χ1n) is 11.6. The lowest BCUT2D eigenvalue weighted by Crippen LogP contribution is -2.51. The number of aryl methyl sites for hydroxylation is 1. The van der Waals surface area contributed by atoms with E-state index in [0.29, 0.717) is 49.8 Å². The third-order valence-electron chi connectivity index (χ3n) is 6.07. The second-order valence-electron chi connectivity index (χ2n) is 9.19. The molecule has 34 heavy (non-hydrogen) atoms. The lowest BCUT2D eigenvalue weighted by atomic mass is 9.99. The molecule has 0 bridgehead atoms. The number of halogens is 3. The smallest absolute Gasteiger partial charge is 0.354 e. The molecule has 1 fully saturated rings. The first-order valence-corrected chi connectivity index (χ1v) is 13.1. The Balaban J connectivity index is 1.99. The molecule has 0 saturated carbocycles. The third kappa shape index (κ3) is 5.71. The van der Waals surface area contributed by atoms with Gasteiger partial charge in [-0.1, -0.05) is 39.0 Å². The minimum atomic E-state index is -4.41. The minimum absolute atomic E-state index is 0.0780. The van der Waals surface area contributed by atoms with E-state index in [1.165, 1.54) is 16.4 Å². The SMILES string of the molecule is CCc1nc(C(C)C)nc(N2CCN(S(=O)(=O)C(C)C)CC2)c1Cc1cccc(C(F)(F)F)c1. The van der Waals surface area contributed by atoms with E-state index in [0.717, 1.165) is 17.3 Å². The average Bonchev–Trinajstić information content (AvgIpc) is 2.78. The molecule has 1 aromatic heterocycles. The molecule has 0 amide bonds. The number of rotatable bonds is 7. The van der Waals surface area contributed by atoms with Gasteiger partial charge in [0.15, 0.2) is 0 Å². The summed E-state index contributed by atoms with van der Waals surface area (Å²) < 4.78 is 66.5. The molecule has 0 aliphatic carbocycles. The lowest BCUT2D eigenvalue weighted by molar-refractivity contribution is -0.137. The molecule has 188 valence electrons.